The maximum Gasteiger partial charge on any atom is 0.416 e. The van der Waals surface area contributed by atoms with Gasteiger partial charge in [0.1, 0.15) is 6.33 Å². The van der Waals surface area contributed by atoms with Crippen LogP contribution < -0.4 is 0 Å². The Morgan fingerprint density at radius 2 is 1.95 bits per heavy atom. The van der Waals surface area contributed by atoms with Gasteiger partial charge in [-0.2, -0.15) is 13.2 Å². The van der Waals surface area contributed by atoms with Crippen molar-refractivity contribution in [1.82, 2.24) is 14.8 Å². The Morgan fingerprint density at radius 1 is 1.30 bits per heavy atom. The van der Waals surface area contributed by atoms with Crippen LogP contribution in [0.4, 0.5) is 13.2 Å². The molecule has 0 aliphatic carbocycles. The summed E-state index contributed by atoms with van der Waals surface area (Å²) in [6.07, 6.45) is -3.69. The van der Waals surface area contributed by atoms with Crippen LogP contribution in [-0.2, 0) is 13.2 Å². The highest BCUT2D eigenvalue weighted by Crippen LogP contribution is 2.30. The highest BCUT2D eigenvalue weighted by molar-refractivity contribution is 7.99. The monoisotopic (exact) mass is 303 g/mol. The largest absolute Gasteiger partial charge is 0.416 e. The predicted molar refractivity (Wildman–Crippen MR) is 68.1 cm³/mol. The summed E-state index contributed by atoms with van der Waals surface area (Å²) < 4.78 is 38.9. The lowest BCUT2D eigenvalue weighted by atomic mass is 10.1. The molecule has 20 heavy (non-hydrogen) atoms. The average Bonchev–Trinajstić information content (AvgIpc) is 2.81. The fraction of sp³-hybridized carbons (Fsp3) is 0.333. The van der Waals surface area contributed by atoms with Crippen LogP contribution in [0.1, 0.15) is 17.2 Å². The number of aliphatic hydroxyl groups excluding tert-OH is 1. The van der Waals surface area contributed by atoms with Gasteiger partial charge in [0.15, 0.2) is 5.16 Å². The molecule has 1 unspecified atom stereocenters. The number of alkyl halides is 3. The summed E-state index contributed by atoms with van der Waals surface area (Å²) in [4.78, 5) is 0. The van der Waals surface area contributed by atoms with Crippen molar-refractivity contribution in [3.8, 4) is 0 Å². The van der Waals surface area contributed by atoms with Crippen molar-refractivity contribution < 1.29 is 18.3 Å². The molecule has 1 N–H and O–H groups in total. The second kappa shape index (κ2) is 5.84. The van der Waals surface area contributed by atoms with Gasteiger partial charge in [0.25, 0.3) is 0 Å². The van der Waals surface area contributed by atoms with Crippen molar-refractivity contribution in [3.05, 3.63) is 41.7 Å². The van der Waals surface area contributed by atoms with E-state index in [-0.39, 0.29) is 5.75 Å². The zero-order valence-corrected chi connectivity index (χ0v) is 11.3. The van der Waals surface area contributed by atoms with Crippen LogP contribution in [0, 0.1) is 0 Å². The molecule has 1 atom stereocenters. The fourth-order valence-corrected chi connectivity index (χ4v) is 2.40. The SMILES string of the molecule is Cn1cnnc1SCC(O)c1ccc(C(F)(F)F)cc1. The predicted octanol–water partition coefficient (Wildman–Crippen LogP) is 2.66. The molecule has 0 spiro atoms. The fourth-order valence-electron chi connectivity index (χ4n) is 1.55. The molecular weight excluding hydrogens is 291 g/mol. The summed E-state index contributed by atoms with van der Waals surface area (Å²) in [6, 6.07) is 4.49. The van der Waals surface area contributed by atoms with Gasteiger partial charge in [0, 0.05) is 12.8 Å². The van der Waals surface area contributed by atoms with Crippen LogP contribution in [0.25, 0.3) is 0 Å². The van der Waals surface area contributed by atoms with Crippen LogP contribution in [0.5, 0.6) is 0 Å². The van der Waals surface area contributed by atoms with E-state index in [0.717, 1.165) is 12.1 Å². The van der Waals surface area contributed by atoms with Gasteiger partial charge >= 0.3 is 6.18 Å². The molecule has 0 aliphatic rings. The molecule has 8 heteroatoms. The van der Waals surface area contributed by atoms with E-state index in [1.165, 1.54) is 30.2 Å². The normalized spacial score (nSPS) is 13.4. The Morgan fingerprint density at radius 3 is 2.45 bits per heavy atom. The smallest absolute Gasteiger partial charge is 0.388 e. The highest BCUT2D eigenvalue weighted by Gasteiger charge is 2.30. The molecule has 2 rings (SSSR count). The topological polar surface area (TPSA) is 50.9 Å². The summed E-state index contributed by atoms with van der Waals surface area (Å²) in [6.45, 7) is 0. The van der Waals surface area contributed by atoms with Crippen molar-refractivity contribution in [3.63, 3.8) is 0 Å². The minimum atomic E-state index is -4.36. The zero-order chi connectivity index (χ0) is 14.8. The van der Waals surface area contributed by atoms with Gasteiger partial charge in [0.05, 0.1) is 11.7 Å². The Balaban J connectivity index is 1.99. The molecule has 108 valence electrons. The third-order valence-corrected chi connectivity index (χ3v) is 3.77. The second-order valence-corrected chi connectivity index (χ2v) is 5.16. The number of thioether (sulfide) groups is 1. The molecular formula is C12H12F3N3OS. The van der Waals surface area contributed by atoms with Gasteiger partial charge in [-0.25, -0.2) is 0 Å². The Kier molecular flexibility index (Phi) is 4.34. The van der Waals surface area contributed by atoms with Crippen molar-refractivity contribution >= 4 is 11.8 Å². The first kappa shape index (κ1) is 14.9. The van der Waals surface area contributed by atoms with Crippen molar-refractivity contribution in [2.45, 2.75) is 17.4 Å². The number of aromatic nitrogens is 3. The van der Waals surface area contributed by atoms with Crippen LogP contribution in [-0.4, -0.2) is 25.6 Å². The third kappa shape index (κ3) is 3.51. The van der Waals surface area contributed by atoms with Crippen molar-refractivity contribution in [2.24, 2.45) is 7.05 Å². The van der Waals surface area contributed by atoms with Gasteiger partial charge in [-0.3, -0.25) is 0 Å². The minimum Gasteiger partial charge on any atom is -0.388 e. The first-order valence-electron chi connectivity index (χ1n) is 5.70. The molecule has 1 aromatic heterocycles. The first-order chi connectivity index (χ1) is 9.38. The number of benzene rings is 1. The number of nitrogens with zero attached hydrogens (tertiary/aromatic N) is 3. The van der Waals surface area contributed by atoms with E-state index in [2.05, 4.69) is 10.2 Å². The van der Waals surface area contributed by atoms with Crippen molar-refractivity contribution in [2.75, 3.05) is 5.75 Å². The summed E-state index contributed by atoms with van der Waals surface area (Å²) >= 11 is 1.28. The summed E-state index contributed by atoms with van der Waals surface area (Å²) in [5.74, 6) is 0.290. The van der Waals surface area contributed by atoms with Crippen LogP contribution >= 0.6 is 11.8 Å². The maximum absolute atomic E-state index is 12.4. The van der Waals surface area contributed by atoms with Crippen LogP contribution in [0.3, 0.4) is 0 Å². The molecule has 0 radical (unpaired) electrons. The maximum atomic E-state index is 12.4. The molecule has 0 fully saturated rings. The molecule has 0 saturated carbocycles. The Labute approximate surface area is 117 Å². The van der Waals surface area contributed by atoms with Gasteiger partial charge in [-0.05, 0) is 17.7 Å². The quantitative estimate of drug-likeness (QED) is 0.882. The number of rotatable bonds is 4. The van der Waals surface area contributed by atoms with Gasteiger partial charge < -0.3 is 9.67 Å². The average molecular weight is 303 g/mol. The van der Waals surface area contributed by atoms with E-state index in [9.17, 15) is 18.3 Å². The number of hydrogen-bond donors (Lipinski definition) is 1. The van der Waals surface area contributed by atoms with Crippen LogP contribution in [0.15, 0.2) is 35.7 Å². The Bertz CT molecular complexity index is 568. The second-order valence-electron chi connectivity index (χ2n) is 4.17. The molecule has 0 amide bonds. The number of halogens is 3. The van der Waals surface area contributed by atoms with E-state index in [0.29, 0.717) is 10.7 Å². The lowest BCUT2D eigenvalue weighted by molar-refractivity contribution is -0.137. The highest BCUT2D eigenvalue weighted by atomic mass is 32.2. The number of hydrogen-bond acceptors (Lipinski definition) is 4. The molecule has 0 saturated heterocycles. The van der Waals surface area contributed by atoms with Gasteiger partial charge in [-0.15, -0.1) is 10.2 Å². The standard InChI is InChI=1S/C12H12F3N3OS/c1-18-7-16-17-11(18)20-6-10(19)8-2-4-9(5-3-8)12(13,14)15/h2-5,7,10,19H,6H2,1H3. The van der Waals surface area contributed by atoms with Crippen LogP contribution in [0.2, 0.25) is 0 Å². The number of aryl methyl sites for hydroxylation is 1. The summed E-state index contributed by atoms with van der Waals surface area (Å²) in [5, 5.41) is 18.1. The zero-order valence-electron chi connectivity index (χ0n) is 10.5. The lowest BCUT2D eigenvalue weighted by Gasteiger charge is -2.12. The van der Waals surface area contributed by atoms with E-state index >= 15 is 0 Å². The molecule has 2 aromatic rings. The summed E-state index contributed by atoms with van der Waals surface area (Å²) in [7, 11) is 1.77. The molecule has 0 bridgehead atoms. The molecule has 0 aliphatic heterocycles. The van der Waals surface area contributed by atoms with E-state index < -0.39 is 17.8 Å². The molecule has 4 nitrogen and oxygen atoms in total. The van der Waals surface area contributed by atoms with E-state index in [1.807, 2.05) is 0 Å². The first-order valence-corrected chi connectivity index (χ1v) is 6.68. The van der Waals surface area contributed by atoms with E-state index in [1.54, 1.807) is 11.6 Å². The van der Waals surface area contributed by atoms with Gasteiger partial charge in [-0.1, -0.05) is 23.9 Å². The lowest BCUT2D eigenvalue weighted by Crippen LogP contribution is -2.06. The number of aliphatic hydroxyl groups is 1. The molecule has 1 aromatic carbocycles. The van der Waals surface area contributed by atoms with Crippen molar-refractivity contribution in [1.29, 1.82) is 0 Å². The minimum absolute atomic E-state index is 0.290. The summed E-state index contributed by atoms with van der Waals surface area (Å²) in [5.41, 5.74) is -0.290. The molecule has 1 heterocycles. The van der Waals surface area contributed by atoms with Gasteiger partial charge in [0.2, 0.25) is 0 Å². The van der Waals surface area contributed by atoms with E-state index in [4.69, 9.17) is 0 Å². The Hall–Kier alpha value is -1.54. The third-order valence-electron chi connectivity index (χ3n) is 2.66.